The van der Waals surface area contributed by atoms with Crippen LogP contribution in [0.5, 0.6) is 0 Å². The lowest BCUT2D eigenvalue weighted by molar-refractivity contribution is -0.117. The van der Waals surface area contributed by atoms with Crippen LogP contribution in [0.4, 0.5) is 9.93 Å². The molecule has 0 radical (unpaired) electrons. The highest BCUT2D eigenvalue weighted by molar-refractivity contribution is 8.01. The second-order valence-electron chi connectivity index (χ2n) is 5.25. The second kappa shape index (κ2) is 9.28. The fourth-order valence-corrected chi connectivity index (χ4v) is 3.09. The number of aromatic nitrogens is 2. The predicted molar refractivity (Wildman–Crippen MR) is 93.0 cm³/mol. The Bertz CT molecular complexity index is 657. The smallest absolute Gasteiger partial charge is 0.321 e. The number of thioether (sulfide) groups is 1. The van der Waals surface area contributed by atoms with E-state index in [4.69, 9.17) is 4.42 Å². The SMILES string of the molecule is CC(C)CNC(=O)NC(=O)CSc1nnc(NCc2ccco2)s1. The molecule has 0 aliphatic rings. The van der Waals surface area contributed by atoms with Gasteiger partial charge in [-0.05, 0) is 18.1 Å². The number of urea groups is 1. The summed E-state index contributed by atoms with van der Waals surface area (Å²) in [5, 5.41) is 16.6. The first kappa shape index (κ1) is 18.3. The third kappa shape index (κ3) is 6.59. The Hall–Kier alpha value is -2.07. The Labute approximate surface area is 147 Å². The molecule has 2 aromatic heterocycles. The first-order chi connectivity index (χ1) is 11.5. The Balaban J connectivity index is 1.68. The minimum absolute atomic E-state index is 0.0991. The van der Waals surface area contributed by atoms with Gasteiger partial charge in [-0.1, -0.05) is 36.9 Å². The lowest BCUT2D eigenvalue weighted by Crippen LogP contribution is -2.41. The van der Waals surface area contributed by atoms with E-state index in [2.05, 4.69) is 26.1 Å². The van der Waals surface area contributed by atoms with Crippen LogP contribution in [0.25, 0.3) is 0 Å². The molecule has 0 unspecified atom stereocenters. The molecule has 24 heavy (non-hydrogen) atoms. The zero-order chi connectivity index (χ0) is 17.4. The fourth-order valence-electron chi connectivity index (χ4n) is 1.55. The third-order valence-electron chi connectivity index (χ3n) is 2.65. The molecule has 3 amide bonds. The molecule has 0 bridgehead atoms. The van der Waals surface area contributed by atoms with Gasteiger partial charge in [0.05, 0.1) is 18.6 Å². The van der Waals surface area contributed by atoms with E-state index in [1.54, 1.807) is 6.26 Å². The molecular weight excluding hydrogens is 350 g/mol. The minimum Gasteiger partial charge on any atom is -0.467 e. The largest absolute Gasteiger partial charge is 0.467 e. The molecule has 2 rings (SSSR count). The summed E-state index contributed by atoms with van der Waals surface area (Å²) >= 11 is 2.57. The van der Waals surface area contributed by atoms with Gasteiger partial charge in [0, 0.05) is 6.54 Å². The van der Waals surface area contributed by atoms with Crippen LogP contribution >= 0.6 is 23.1 Å². The van der Waals surface area contributed by atoms with Gasteiger partial charge in [0.15, 0.2) is 4.34 Å². The number of carbonyl (C=O) groups is 2. The number of anilines is 1. The Morgan fingerprint density at radius 2 is 2.21 bits per heavy atom. The van der Waals surface area contributed by atoms with E-state index in [1.165, 1.54) is 23.1 Å². The molecule has 0 aliphatic heterocycles. The Kier molecular flexibility index (Phi) is 7.07. The van der Waals surface area contributed by atoms with Crippen molar-refractivity contribution in [1.82, 2.24) is 20.8 Å². The highest BCUT2D eigenvalue weighted by Crippen LogP contribution is 2.25. The zero-order valence-corrected chi connectivity index (χ0v) is 15.0. The third-order valence-corrected chi connectivity index (χ3v) is 4.67. The molecule has 130 valence electrons. The predicted octanol–water partition coefficient (Wildman–Crippen LogP) is 2.32. The van der Waals surface area contributed by atoms with E-state index in [1.807, 2.05) is 26.0 Å². The maximum absolute atomic E-state index is 11.7. The summed E-state index contributed by atoms with van der Waals surface area (Å²) in [6.07, 6.45) is 1.61. The topological polar surface area (TPSA) is 109 Å². The number of amides is 3. The molecule has 2 aromatic rings. The molecule has 0 spiro atoms. The first-order valence-corrected chi connectivity index (χ1v) is 9.13. The van der Waals surface area contributed by atoms with E-state index in [0.717, 1.165) is 5.76 Å². The van der Waals surface area contributed by atoms with E-state index in [-0.39, 0.29) is 11.7 Å². The van der Waals surface area contributed by atoms with Crippen molar-refractivity contribution in [2.24, 2.45) is 5.92 Å². The van der Waals surface area contributed by atoms with Crippen molar-refractivity contribution in [2.75, 3.05) is 17.6 Å². The fraction of sp³-hybridized carbons (Fsp3) is 0.429. The highest BCUT2D eigenvalue weighted by atomic mass is 32.2. The van der Waals surface area contributed by atoms with Crippen LogP contribution in [0.2, 0.25) is 0 Å². The average Bonchev–Trinajstić information content (AvgIpc) is 3.20. The number of nitrogens with one attached hydrogen (secondary N) is 3. The van der Waals surface area contributed by atoms with Gasteiger partial charge in [-0.2, -0.15) is 0 Å². The molecule has 0 fully saturated rings. The van der Waals surface area contributed by atoms with Crippen LogP contribution in [0, 0.1) is 5.92 Å². The number of carbonyl (C=O) groups excluding carboxylic acids is 2. The average molecular weight is 369 g/mol. The van der Waals surface area contributed by atoms with Crippen molar-refractivity contribution in [1.29, 1.82) is 0 Å². The Morgan fingerprint density at radius 3 is 2.92 bits per heavy atom. The van der Waals surface area contributed by atoms with Crippen LogP contribution < -0.4 is 16.0 Å². The summed E-state index contributed by atoms with van der Waals surface area (Å²) in [5.41, 5.74) is 0. The van der Waals surface area contributed by atoms with Crippen LogP contribution in [0.3, 0.4) is 0 Å². The maximum Gasteiger partial charge on any atom is 0.321 e. The summed E-state index contributed by atoms with van der Waals surface area (Å²) in [7, 11) is 0. The molecule has 2 heterocycles. The van der Waals surface area contributed by atoms with Gasteiger partial charge in [0.1, 0.15) is 5.76 Å². The molecule has 0 atom stereocenters. The van der Waals surface area contributed by atoms with Crippen molar-refractivity contribution in [3.63, 3.8) is 0 Å². The molecule has 0 saturated carbocycles. The zero-order valence-electron chi connectivity index (χ0n) is 13.4. The minimum atomic E-state index is -0.479. The van der Waals surface area contributed by atoms with Gasteiger partial charge in [-0.3, -0.25) is 10.1 Å². The van der Waals surface area contributed by atoms with Gasteiger partial charge >= 0.3 is 6.03 Å². The molecule has 0 saturated heterocycles. The van der Waals surface area contributed by atoms with Crippen molar-refractivity contribution in [3.05, 3.63) is 24.2 Å². The van der Waals surface area contributed by atoms with Crippen LogP contribution in [-0.4, -0.2) is 34.4 Å². The molecule has 0 aromatic carbocycles. The van der Waals surface area contributed by atoms with Crippen LogP contribution in [0.1, 0.15) is 19.6 Å². The summed E-state index contributed by atoms with van der Waals surface area (Å²) in [6.45, 7) is 4.99. The Morgan fingerprint density at radius 1 is 1.38 bits per heavy atom. The van der Waals surface area contributed by atoms with E-state index < -0.39 is 6.03 Å². The number of rotatable bonds is 8. The summed E-state index contributed by atoms with van der Waals surface area (Å²) < 4.78 is 5.86. The second-order valence-corrected chi connectivity index (χ2v) is 7.45. The summed E-state index contributed by atoms with van der Waals surface area (Å²) in [5.74, 6) is 0.850. The van der Waals surface area contributed by atoms with Crippen molar-refractivity contribution >= 4 is 40.2 Å². The van der Waals surface area contributed by atoms with Crippen LogP contribution in [-0.2, 0) is 11.3 Å². The molecular formula is C14H19N5O3S2. The lowest BCUT2D eigenvalue weighted by atomic mass is 10.2. The molecule has 10 heteroatoms. The lowest BCUT2D eigenvalue weighted by Gasteiger charge is -2.07. The molecule has 3 N–H and O–H groups in total. The maximum atomic E-state index is 11.7. The quantitative estimate of drug-likeness (QED) is 0.613. The van der Waals surface area contributed by atoms with Crippen molar-refractivity contribution in [2.45, 2.75) is 24.7 Å². The van der Waals surface area contributed by atoms with Gasteiger partial charge in [-0.25, -0.2) is 4.79 Å². The summed E-state index contributed by atoms with van der Waals surface area (Å²) in [6, 6.07) is 3.19. The van der Waals surface area contributed by atoms with E-state index >= 15 is 0 Å². The first-order valence-electron chi connectivity index (χ1n) is 7.33. The van der Waals surface area contributed by atoms with E-state index in [9.17, 15) is 9.59 Å². The number of hydrogen-bond acceptors (Lipinski definition) is 8. The number of furan rings is 1. The van der Waals surface area contributed by atoms with Gasteiger partial charge in [0.2, 0.25) is 11.0 Å². The van der Waals surface area contributed by atoms with Gasteiger partial charge < -0.3 is 15.1 Å². The standard InChI is InChI=1S/C14H19N5O3S2/c1-9(2)6-15-12(21)17-11(20)8-23-14-19-18-13(24-14)16-7-10-4-3-5-22-10/h3-5,9H,6-8H2,1-2H3,(H,16,18)(H2,15,17,20,21). The number of hydrogen-bond donors (Lipinski definition) is 3. The van der Waals surface area contributed by atoms with Crippen molar-refractivity contribution < 1.29 is 14.0 Å². The number of imide groups is 1. The molecule has 8 nitrogen and oxygen atoms in total. The van der Waals surface area contributed by atoms with E-state index in [0.29, 0.717) is 28.5 Å². The number of nitrogens with zero attached hydrogens (tertiary/aromatic N) is 2. The summed E-state index contributed by atoms with van der Waals surface area (Å²) in [4.78, 5) is 23.2. The van der Waals surface area contributed by atoms with Crippen LogP contribution in [0.15, 0.2) is 27.2 Å². The van der Waals surface area contributed by atoms with Gasteiger partial charge in [-0.15, -0.1) is 10.2 Å². The molecule has 0 aliphatic carbocycles. The van der Waals surface area contributed by atoms with Gasteiger partial charge in [0.25, 0.3) is 0 Å². The van der Waals surface area contributed by atoms with Crippen molar-refractivity contribution in [3.8, 4) is 0 Å². The highest BCUT2D eigenvalue weighted by Gasteiger charge is 2.11. The normalized spacial score (nSPS) is 10.6. The monoisotopic (exact) mass is 369 g/mol.